The van der Waals surface area contributed by atoms with Crippen LogP contribution in [0, 0.1) is 0 Å². The Morgan fingerprint density at radius 3 is 2.45 bits per heavy atom. The van der Waals surface area contributed by atoms with Gasteiger partial charge in [-0.15, -0.1) is 0 Å². The van der Waals surface area contributed by atoms with Crippen LogP contribution < -0.4 is 5.32 Å². The average Bonchev–Trinajstić information content (AvgIpc) is 3.33. The second kappa shape index (κ2) is 6.23. The lowest BCUT2D eigenvalue weighted by atomic mass is 10.0. The molecule has 1 nitrogen and oxygen atoms in total. The van der Waals surface area contributed by atoms with Crippen molar-refractivity contribution in [3.05, 3.63) is 71.3 Å². The van der Waals surface area contributed by atoms with E-state index in [1.165, 1.54) is 24.0 Å². The van der Waals surface area contributed by atoms with Crippen LogP contribution >= 0.6 is 0 Å². The molecule has 1 saturated carbocycles. The van der Waals surface area contributed by atoms with Crippen LogP contribution in [-0.2, 0) is 6.54 Å². The van der Waals surface area contributed by atoms with Gasteiger partial charge in [-0.05, 0) is 41.4 Å². The molecule has 0 saturated heterocycles. The van der Waals surface area contributed by atoms with Crippen LogP contribution in [-0.4, -0.2) is 6.54 Å². The summed E-state index contributed by atoms with van der Waals surface area (Å²) in [5.74, 6) is 1.39. The van der Waals surface area contributed by atoms with Crippen molar-refractivity contribution in [2.45, 2.75) is 38.1 Å². The second-order valence-corrected chi connectivity index (χ2v) is 5.92. The Bertz CT molecular complexity index is 543. The zero-order valence-corrected chi connectivity index (χ0v) is 12.2. The maximum atomic E-state index is 3.62. The Hall–Kier alpha value is -1.60. The van der Waals surface area contributed by atoms with E-state index in [2.05, 4.69) is 66.8 Å². The number of hydrogen-bond donors (Lipinski definition) is 1. The van der Waals surface area contributed by atoms with Crippen LogP contribution in [0.3, 0.4) is 0 Å². The molecule has 3 rings (SSSR count). The molecule has 1 atom stereocenters. The molecule has 1 N–H and O–H groups in total. The van der Waals surface area contributed by atoms with Crippen LogP contribution in [0.1, 0.15) is 48.3 Å². The van der Waals surface area contributed by atoms with Gasteiger partial charge in [0.2, 0.25) is 0 Å². The molecule has 0 aliphatic heterocycles. The molecule has 2 aromatic carbocycles. The molecule has 104 valence electrons. The van der Waals surface area contributed by atoms with Gasteiger partial charge in [-0.3, -0.25) is 0 Å². The maximum Gasteiger partial charge on any atom is 0.0208 e. The van der Waals surface area contributed by atoms with E-state index in [0.717, 1.165) is 19.0 Å². The van der Waals surface area contributed by atoms with Crippen molar-refractivity contribution in [2.24, 2.45) is 0 Å². The maximum absolute atomic E-state index is 3.62. The highest BCUT2D eigenvalue weighted by molar-refractivity contribution is 5.33. The van der Waals surface area contributed by atoms with Crippen LogP contribution in [0.5, 0.6) is 0 Å². The van der Waals surface area contributed by atoms with Crippen molar-refractivity contribution in [3.63, 3.8) is 0 Å². The fourth-order valence-electron chi connectivity index (χ4n) is 2.81. The minimum atomic E-state index is 0.560. The highest BCUT2D eigenvalue weighted by Gasteiger charge is 2.25. The Morgan fingerprint density at radius 1 is 1.00 bits per heavy atom. The first kappa shape index (κ1) is 13.4. The van der Waals surface area contributed by atoms with Crippen molar-refractivity contribution in [1.82, 2.24) is 5.32 Å². The van der Waals surface area contributed by atoms with Gasteiger partial charge >= 0.3 is 0 Å². The van der Waals surface area contributed by atoms with E-state index in [1.54, 1.807) is 5.56 Å². The minimum absolute atomic E-state index is 0.560. The van der Waals surface area contributed by atoms with Gasteiger partial charge in [-0.25, -0.2) is 0 Å². The molecule has 1 aliphatic rings. The Labute approximate surface area is 122 Å². The third-order valence-electron chi connectivity index (χ3n) is 4.21. The predicted molar refractivity (Wildman–Crippen MR) is 85.0 cm³/mol. The average molecular weight is 265 g/mol. The first-order chi connectivity index (χ1) is 9.84. The molecule has 1 aliphatic carbocycles. The minimum Gasteiger partial charge on any atom is -0.312 e. The summed E-state index contributed by atoms with van der Waals surface area (Å²) in [4.78, 5) is 0. The van der Waals surface area contributed by atoms with Gasteiger partial charge in [0.15, 0.2) is 0 Å². The van der Waals surface area contributed by atoms with Gasteiger partial charge in [0.25, 0.3) is 0 Å². The van der Waals surface area contributed by atoms with Gasteiger partial charge in [0.1, 0.15) is 0 Å². The Kier molecular flexibility index (Phi) is 4.17. The van der Waals surface area contributed by atoms with Crippen molar-refractivity contribution >= 4 is 0 Å². The molecule has 2 aromatic rings. The zero-order chi connectivity index (χ0) is 13.8. The summed E-state index contributed by atoms with van der Waals surface area (Å²) >= 11 is 0. The van der Waals surface area contributed by atoms with E-state index in [9.17, 15) is 0 Å². The summed E-state index contributed by atoms with van der Waals surface area (Å²) in [5, 5.41) is 3.62. The van der Waals surface area contributed by atoms with Crippen LogP contribution in [0.25, 0.3) is 0 Å². The fourth-order valence-corrected chi connectivity index (χ4v) is 2.81. The van der Waals surface area contributed by atoms with E-state index in [1.807, 2.05) is 0 Å². The smallest absolute Gasteiger partial charge is 0.0208 e. The monoisotopic (exact) mass is 265 g/mol. The third kappa shape index (κ3) is 3.29. The van der Waals surface area contributed by atoms with Gasteiger partial charge in [-0.1, -0.05) is 61.5 Å². The Morgan fingerprint density at radius 2 is 1.70 bits per heavy atom. The molecule has 0 heterocycles. The zero-order valence-electron chi connectivity index (χ0n) is 12.2. The van der Waals surface area contributed by atoms with E-state index in [4.69, 9.17) is 0 Å². The molecule has 0 radical (unpaired) electrons. The van der Waals surface area contributed by atoms with Crippen molar-refractivity contribution in [1.29, 1.82) is 0 Å². The number of hydrogen-bond acceptors (Lipinski definition) is 1. The van der Waals surface area contributed by atoms with E-state index in [0.29, 0.717) is 5.92 Å². The molecule has 0 bridgehead atoms. The summed E-state index contributed by atoms with van der Waals surface area (Å²) in [7, 11) is 0. The number of benzene rings is 2. The summed E-state index contributed by atoms with van der Waals surface area (Å²) in [6.45, 7) is 4.31. The molecule has 0 spiro atoms. The first-order valence-electron chi connectivity index (χ1n) is 7.68. The topological polar surface area (TPSA) is 12.0 Å². The lowest BCUT2D eigenvalue weighted by Gasteiger charge is -2.14. The van der Waals surface area contributed by atoms with E-state index in [-0.39, 0.29) is 0 Å². The normalized spacial score (nSPS) is 16.1. The van der Waals surface area contributed by atoms with E-state index < -0.39 is 0 Å². The van der Waals surface area contributed by atoms with Crippen molar-refractivity contribution < 1.29 is 0 Å². The molecule has 1 fully saturated rings. The van der Waals surface area contributed by atoms with Gasteiger partial charge in [-0.2, -0.15) is 0 Å². The van der Waals surface area contributed by atoms with Gasteiger partial charge in [0, 0.05) is 13.1 Å². The third-order valence-corrected chi connectivity index (χ3v) is 4.21. The number of nitrogens with one attached hydrogen (secondary N) is 1. The summed E-state index contributed by atoms with van der Waals surface area (Å²) < 4.78 is 0. The standard InChI is InChI=1S/C19H23N/c1-15(16-7-3-2-4-8-16)13-20-14-18-9-5-6-10-19(18)17-11-12-17/h2-10,15,17,20H,11-14H2,1H3. The number of rotatable bonds is 6. The molecular weight excluding hydrogens is 242 g/mol. The highest BCUT2D eigenvalue weighted by atomic mass is 14.9. The summed E-state index contributed by atoms with van der Waals surface area (Å²) in [6, 6.07) is 19.6. The molecular formula is C19H23N. The fraction of sp³-hybridized carbons (Fsp3) is 0.368. The molecule has 1 unspecified atom stereocenters. The summed E-state index contributed by atoms with van der Waals surface area (Å²) in [6.07, 6.45) is 2.74. The largest absolute Gasteiger partial charge is 0.312 e. The predicted octanol–water partition coefficient (Wildman–Crippen LogP) is 4.46. The molecule has 1 heteroatoms. The van der Waals surface area contributed by atoms with E-state index >= 15 is 0 Å². The highest BCUT2D eigenvalue weighted by Crippen LogP contribution is 2.41. The molecule has 0 amide bonds. The lowest BCUT2D eigenvalue weighted by molar-refractivity contribution is 0.613. The second-order valence-electron chi connectivity index (χ2n) is 5.92. The van der Waals surface area contributed by atoms with Crippen molar-refractivity contribution in [3.8, 4) is 0 Å². The molecule has 0 aromatic heterocycles. The van der Waals surface area contributed by atoms with Crippen LogP contribution in [0.4, 0.5) is 0 Å². The molecule has 20 heavy (non-hydrogen) atoms. The first-order valence-corrected chi connectivity index (χ1v) is 7.68. The summed E-state index contributed by atoms with van der Waals surface area (Å²) in [5.41, 5.74) is 4.46. The Balaban J connectivity index is 1.55. The van der Waals surface area contributed by atoms with Gasteiger partial charge < -0.3 is 5.32 Å². The van der Waals surface area contributed by atoms with Crippen LogP contribution in [0.15, 0.2) is 54.6 Å². The quantitative estimate of drug-likeness (QED) is 0.813. The van der Waals surface area contributed by atoms with Crippen LogP contribution in [0.2, 0.25) is 0 Å². The lowest BCUT2D eigenvalue weighted by Crippen LogP contribution is -2.20. The SMILES string of the molecule is CC(CNCc1ccccc1C1CC1)c1ccccc1. The van der Waals surface area contributed by atoms with Crippen molar-refractivity contribution in [2.75, 3.05) is 6.54 Å². The van der Waals surface area contributed by atoms with Gasteiger partial charge in [0.05, 0.1) is 0 Å².